The standard InChI is InChI=1S/C10H14O7S.Na/c11-3-5-16-8-1-2-9(17-6-4-12)10(7-8)18(13,14)15;/h1-2,7,11-12H,3-6H2,(H,13,14,15);/q;+1/p-1. The maximum atomic E-state index is 11.0. The van der Waals surface area contributed by atoms with Gasteiger partial charge < -0.3 is 24.2 Å². The molecular formula is C10H13NaO7S. The second-order valence-electron chi connectivity index (χ2n) is 3.21. The van der Waals surface area contributed by atoms with Crippen molar-refractivity contribution < 1.29 is 62.2 Å². The Labute approximate surface area is 133 Å². The van der Waals surface area contributed by atoms with Crippen LogP contribution in [0.2, 0.25) is 0 Å². The molecule has 0 aliphatic rings. The Morgan fingerprint density at radius 1 is 1.11 bits per heavy atom. The molecule has 19 heavy (non-hydrogen) atoms. The topological polar surface area (TPSA) is 116 Å². The first kappa shape index (κ1) is 18.7. The fourth-order valence-corrected chi connectivity index (χ4v) is 1.85. The van der Waals surface area contributed by atoms with Gasteiger partial charge in [0, 0.05) is 6.07 Å². The van der Waals surface area contributed by atoms with Crippen molar-refractivity contribution in [3.8, 4) is 11.5 Å². The number of benzene rings is 1. The Kier molecular flexibility index (Phi) is 8.59. The van der Waals surface area contributed by atoms with Crippen LogP contribution in [0, 0.1) is 0 Å². The molecule has 0 radical (unpaired) electrons. The van der Waals surface area contributed by atoms with Crippen molar-refractivity contribution >= 4 is 10.1 Å². The summed E-state index contributed by atoms with van der Waals surface area (Å²) in [5.74, 6) is -0.00905. The molecule has 1 aromatic carbocycles. The zero-order chi connectivity index (χ0) is 13.6. The molecule has 0 atom stereocenters. The predicted molar refractivity (Wildman–Crippen MR) is 59.6 cm³/mol. The van der Waals surface area contributed by atoms with Crippen LogP contribution in [0.3, 0.4) is 0 Å². The van der Waals surface area contributed by atoms with Gasteiger partial charge in [0.25, 0.3) is 0 Å². The number of rotatable bonds is 7. The second kappa shape index (κ2) is 8.75. The molecule has 2 N–H and O–H groups in total. The van der Waals surface area contributed by atoms with Crippen LogP contribution in [-0.4, -0.2) is 49.6 Å². The van der Waals surface area contributed by atoms with E-state index in [2.05, 4.69) is 0 Å². The average Bonchev–Trinajstić information content (AvgIpc) is 2.33. The monoisotopic (exact) mass is 300 g/mol. The zero-order valence-electron chi connectivity index (χ0n) is 10.4. The summed E-state index contributed by atoms with van der Waals surface area (Å²) in [6.45, 7) is -0.683. The van der Waals surface area contributed by atoms with E-state index in [4.69, 9.17) is 19.7 Å². The first-order valence-electron chi connectivity index (χ1n) is 5.06. The molecule has 0 aliphatic carbocycles. The van der Waals surface area contributed by atoms with Gasteiger partial charge in [-0.1, -0.05) is 0 Å². The maximum Gasteiger partial charge on any atom is 1.00 e. The van der Waals surface area contributed by atoms with Gasteiger partial charge >= 0.3 is 29.6 Å². The van der Waals surface area contributed by atoms with Crippen molar-refractivity contribution in [1.82, 2.24) is 0 Å². The van der Waals surface area contributed by atoms with Gasteiger partial charge in [0.05, 0.1) is 18.1 Å². The summed E-state index contributed by atoms with van der Waals surface area (Å²) in [4.78, 5) is -0.564. The summed E-state index contributed by atoms with van der Waals surface area (Å²) in [6, 6.07) is 3.68. The first-order chi connectivity index (χ1) is 8.49. The van der Waals surface area contributed by atoms with E-state index in [1.165, 1.54) is 12.1 Å². The quantitative estimate of drug-likeness (QED) is 0.394. The van der Waals surface area contributed by atoms with E-state index in [1.807, 2.05) is 0 Å². The van der Waals surface area contributed by atoms with Crippen LogP contribution in [0.15, 0.2) is 23.1 Å². The molecule has 0 saturated carbocycles. The van der Waals surface area contributed by atoms with Crippen LogP contribution >= 0.6 is 0 Å². The SMILES string of the molecule is O=S(=O)([O-])c1cc(OCCO)ccc1OCCO.[Na+]. The summed E-state index contributed by atoms with van der Waals surface area (Å²) >= 11 is 0. The minimum Gasteiger partial charge on any atom is -0.744 e. The van der Waals surface area contributed by atoms with E-state index in [0.29, 0.717) is 0 Å². The van der Waals surface area contributed by atoms with Crippen molar-refractivity contribution in [1.29, 1.82) is 0 Å². The van der Waals surface area contributed by atoms with Crippen molar-refractivity contribution in [3.63, 3.8) is 0 Å². The summed E-state index contributed by atoms with van der Waals surface area (Å²) in [5.41, 5.74) is 0. The molecular weight excluding hydrogens is 287 g/mol. The van der Waals surface area contributed by atoms with Gasteiger partial charge in [-0.25, -0.2) is 8.42 Å². The maximum absolute atomic E-state index is 11.0. The number of ether oxygens (including phenoxy) is 2. The number of aliphatic hydroxyl groups excluding tert-OH is 2. The molecule has 0 bridgehead atoms. The van der Waals surface area contributed by atoms with E-state index in [1.54, 1.807) is 0 Å². The van der Waals surface area contributed by atoms with E-state index in [0.717, 1.165) is 6.07 Å². The molecule has 0 heterocycles. The predicted octanol–water partition coefficient (Wildman–Crippen LogP) is -3.66. The molecule has 0 fully saturated rings. The van der Waals surface area contributed by atoms with Gasteiger partial charge in [-0.2, -0.15) is 0 Å². The molecule has 0 unspecified atom stereocenters. The molecule has 0 spiro atoms. The van der Waals surface area contributed by atoms with Crippen molar-refractivity contribution in [2.24, 2.45) is 0 Å². The zero-order valence-corrected chi connectivity index (χ0v) is 13.2. The minimum atomic E-state index is -4.71. The van der Waals surface area contributed by atoms with Gasteiger partial charge in [0.1, 0.15) is 34.8 Å². The molecule has 0 aliphatic heterocycles. The normalized spacial score (nSPS) is 10.7. The molecule has 0 amide bonds. The second-order valence-corrected chi connectivity index (χ2v) is 4.55. The fraction of sp³-hybridized carbons (Fsp3) is 0.400. The number of hydrogen-bond acceptors (Lipinski definition) is 7. The van der Waals surface area contributed by atoms with Crippen LogP contribution < -0.4 is 39.0 Å². The Balaban J connectivity index is 0.00000324. The molecule has 102 valence electrons. The van der Waals surface area contributed by atoms with Crippen molar-refractivity contribution in [2.45, 2.75) is 4.90 Å². The van der Waals surface area contributed by atoms with Crippen LogP contribution in [0.25, 0.3) is 0 Å². The molecule has 9 heteroatoms. The van der Waals surface area contributed by atoms with Crippen LogP contribution in [0.1, 0.15) is 0 Å². The Morgan fingerprint density at radius 3 is 2.21 bits per heavy atom. The Morgan fingerprint density at radius 2 is 1.68 bits per heavy atom. The van der Waals surface area contributed by atoms with Gasteiger partial charge in [0.2, 0.25) is 0 Å². The molecule has 1 rings (SSSR count). The van der Waals surface area contributed by atoms with Crippen LogP contribution in [-0.2, 0) is 10.1 Å². The summed E-state index contributed by atoms with van der Waals surface area (Å²) in [7, 11) is -4.71. The smallest absolute Gasteiger partial charge is 0.744 e. The van der Waals surface area contributed by atoms with Gasteiger partial charge in [-0.15, -0.1) is 0 Å². The number of hydrogen-bond donors (Lipinski definition) is 2. The van der Waals surface area contributed by atoms with Crippen LogP contribution in [0.4, 0.5) is 0 Å². The first-order valence-corrected chi connectivity index (χ1v) is 6.47. The summed E-state index contributed by atoms with van der Waals surface area (Å²) in [6.07, 6.45) is 0. The fourth-order valence-electron chi connectivity index (χ4n) is 1.21. The number of aliphatic hydroxyl groups is 2. The Bertz CT molecular complexity index is 489. The van der Waals surface area contributed by atoms with Gasteiger partial charge in [-0.05, 0) is 12.1 Å². The summed E-state index contributed by atoms with van der Waals surface area (Å²) in [5, 5.41) is 17.2. The molecule has 1 aromatic rings. The van der Waals surface area contributed by atoms with E-state index in [9.17, 15) is 13.0 Å². The van der Waals surface area contributed by atoms with Gasteiger partial charge in [0.15, 0.2) is 0 Å². The van der Waals surface area contributed by atoms with Gasteiger partial charge in [-0.3, -0.25) is 0 Å². The van der Waals surface area contributed by atoms with Crippen molar-refractivity contribution in [3.05, 3.63) is 18.2 Å². The largest absolute Gasteiger partial charge is 1.00 e. The molecule has 0 saturated heterocycles. The van der Waals surface area contributed by atoms with E-state index >= 15 is 0 Å². The third-order valence-electron chi connectivity index (χ3n) is 1.89. The van der Waals surface area contributed by atoms with Crippen molar-refractivity contribution in [2.75, 3.05) is 26.4 Å². The van der Waals surface area contributed by atoms with E-state index in [-0.39, 0.29) is 67.5 Å². The third-order valence-corrected chi connectivity index (χ3v) is 2.75. The molecule has 7 nitrogen and oxygen atoms in total. The van der Waals surface area contributed by atoms with E-state index < -0.39 is 15.0 Å². The Hall–Kier alpha value is -0.350. The third kappa shape index (κ3) is 6.09. The average molecular weight is 300 g/mol. The summed E-state index contributed by atoms with van der Waals surface area (Å²) < 4.78 is 43.0. The van der Waals surface area contributed by atoms with Crippen LogP contribution in [0.5, 0.6) is 11.5 Å². The minimum absolute atomic E-state index is 0. The molecule has 0 aromatic heterocycles.